The van der Waals surface area contributed by atoms with E-state index in [1.165, 1.54) is 20.1 Å². The highest BCUT2D eigenvalue weighted by Gasteiger charge is 2.19. The summed E-state index contributed by atoms with van der Waals surface area (Å²) in [6.45, 7) is 2.40. The second-order valence-corrected chi connectivity index (χ2v) is 7.07. The number of carbonyl (C=O) groups is 2. The van der Waals surface area contributed by atoms with E-state index >= 15 is 0 Å². The molecule has 1 atom stereocenters. The van der Waals surface area contributed by atoms with Gasteiger partial charge in [0.1, 0.15) is 13.2 Å². The van der Waals surface area contributed by atoms with E-state index in [2.05, 4.69) is 21.2 Å². The van der Waals surface area contributed by atoms with Gasteiger partial charge in [-0.2, -0.15) is 0 Å². The van der Waals surface area contributed by atoms with Gasteiger partial charge in [0.25, 0.3) is 5.91 Å². The lowest BCUT2D eigenvalue weighted by Gasteiger charge is -2.20. The molecule has 0 saturated heterocycles. The van der Waals surface area contributed by atoms with Crippen molar-refractivity contribution < 1.29 is 28.5 Å². The number of halogens is 1. The smallest absolute Gasteiger partial charge is 0.331 e. The molecule has 0 spiro atoms. The van der Waals surface area contributed by atoms with Gasteiger partial charge in [0, 0.05) is 16.2 Å². The second kappa shape index (κ2) is 9.47. The van der Waals surface area contributed by atoms with Crippen molar-refractivity contribution in [2.75, 3.05) is 25.6 Å². The molecule has 1 N–H and O–H groups in total. The van der Waals surface area contributed by atoms with Gasteiger partial charge in [-0.1, -0.05) is 15.9 Å². The van der Waals surface area contributed by atoms with Crippen molar-refractivity contribution in [3.05, 3.63) is 52.5 Å². The number of hydrogen-bond acceptors (Lipinski definition) is 6. The predicted molar refractivity (Wildman–Crippen MR) is 111 cm³/mol. The highest BCUT2D eigenvalue weighted by atomic mass is 79.9. The molecule has 152 valence electrons. The van der Waals surface area contributed by atoms with Crippen LogP contribution in [0, 0.1) is 0 Å². The van der Waals surface area contributed by atoms with Crippen molar-refractivity contribution in [2.24, 2.45) is 0 Å². The van der Waals surface area contributed by atoms with Gasteiger partial charge in [-0.3, -0.25) is 4.79 Å². The van der Waals surface area contributed by atoms with Crippen molar-refractivity contribution in [3.8, 4) is 17.2 Å². The lowest BCUT2D eigenvalue weighted by Crippen LogP contribution is -2.29. The zero-order valence-corrected chi connectivity index (χ0v) is 17.5. The van der Waals surface area contributed by atoms with Gasteiger partial charge in [-0.05, 0) is 55.0 Å². The van der Waals surface area contributed by atoms with Crippen LogP contribution in [-0.2, 0) is 14.3 Å². The molecule has 0 aliphatic carbocycles. The van der Waals surface area contributed by atoms with Crippen LogP contribution in [0.25, 0.3) is 6.08 Å². The first-order valence-electron chi connectivity index (χ1n) is 8.89. The van der Waals surface area contributed by atoms with Crippen LogP contribution in [-0.4, -0.2) is 38.3 Å². The Hall–Kier alpha value is -3.00. The Kier molecular flexibility index (Phi) is 6.77. The molecule has 7 nitrogen and oxygen atoms in total. The largest absolute Gasteiger partial charge is 0.493 e. The topological polar surface area (TPSA) is 83.1 Å². The van der Waals surface area contributed by atoms with Crippen molar-refractivity contribution in [2.45, 2.75) is 13.0 Å². The van der Waals surface area contributed by atoms with E-state index in [1.54, 1.807) is 42.5 Å². The second-order valence-electron chi connectivity index (χ2n) is 6.16. The number of fused-ring (bicyclic) bond motifs is 1. The molecular formula is C21H20BrNO6. The molecule has 1 aliphatic rings. The third-order valence-electron chi connectivity index (χ3n) is 4.04. The summed E-state index contributed by atoms with van der Waals surface area (Å²) in [7, 11) is 1.53. The van der Waals surface area contributed by atoms with E-state index in [-0.39, 0.29) is 0 Å². The Morgan fingerprint density at radius 1 is 1.17 bits per heavy atom. The number of carbonyl (C=O) groups excluding carboxylic acids is 2. The Labute approximate surface area is 176 Å². The van der Waals surface area contributed by atoms with Gasteiger partial charge in [-0.15, -0.1) is 0 Å². The normalized spacial score (nSPS) is 13.6. The zero-order valence-electron chi connectivity index (χ0n) is 15.9. The monoisotopic (exact) mass is 461 g/mol. The highest BCUT2D eigenvalue weighted by Crippen LogP contribution is 2.40. The Morgan fingerprint density at radius 3 is 2.62 bits per heavy atom. The van der Waals surface area contributed by atoms with Crippen LogP contribution < -0.4 is 19.5 Å². The number of hydrogen-bond donors (Lipinski definition) is 1. The number of methoxy groups -OCH3 is 1. The molecule has 1 heterocycles. The minimum absolute atomic E-state index is 0.421. The fourth-order valence-electron chi connectivity index (χ4n) is 2.60. The molecule has 0 fully saturated rings. The van der Waals surface area contributed by atoms with Crippen LogP contribution in [0.1, 0.15) is 12.5 Å². The first-order chi connectivity index (χ1) is 14.0. The molecule has 2 aromatic rings. The molecule has 2 aromatic carbocycles. The lowest BCUT2D eigenvalue weighted by molar-refractivity contribution is -0.148. The Bertz CT molecular complexity index is 908. The summed E-state index contributed by atoms with van der Waals surface area (Å²) in [5, 5.41) is 2.69. The summed E-state index contributed by atoms with van der Waals surface area (Å²) >= 11 is 3.33. The quantitative estimate of drug-likeness (QED) is 0.520. The predicted octanol–water partition coefficient (Wildman–Crippen LogP) is 3.81. The summed E-state index contributed by atoms with van der Waals surface area (Å²) in [6, 6.07) is 10.6. The average Bonchev–Trinajstić information content (AvgIpc) is 2.73. The van der Waals surface area contributed by atoms with Crippen LogP contribution in [0.4, 0.5) is 5.69 Å². The first-order valence-corrected chi connectivity index (χ1v) is 9.68. The van der Waals surface area contributed by atoms with Gasteiger partial charge >= 0.3 is 5.97 Å². The standard InChI is InChI=1S/C21H20BrNO6/c1-13(21(25)23-16-6-4-15(22)5-7-16)29-19(24)8-3-14-11-17(26-2)20-18(12-14)27-9-10-28-20/h3-8,11-13H,9-10H2,1-2H3,(H,23,25)/b8-3+/t13-/m0/s1. The summed E-state index contributed by atoms with van der Waals surface area (Å²) in [5.41, 5.74) is 1.29. The van der Waals surface area contributed by atoms with E-state index < -0.39 is 18.0 Å². The van der Waals surface area contributed by atoms with Crippen molar-refractivity contribution in [3.63, 3.8) is 0 Å². The van der Waals surface area contributed by atoms with Crippen LogP contribution in [0.3, 0.4) is 0 Å². The number of rotatable bonds is 6. The molecule has 29 heavy (non-hydrogen) atoms. The van der Waals surface area contributed by atoms with Crippen LogP contribution in [0.2, 0.25) is 0 Å². The van der Waals surface area contributed by atoms with Crippen molar-refractivity contribution >= 4 is 39.6 Å². The van der Waals surface area contributed by atoms with Crippen LogP contribution in [0.15, 0.2) is 46.9 Å². The van der Waals surface area contributed by atoms with E-state index in [1.807, 2.05) is 0 Å². The van der Waals surface area contributed by atoms with E-state index in [9.17, 15) is 9.59 Å². The maximum atomic E-state index is 12.2. The molecule has 0 aromatic heterocycles. The average molecular weight is 462 g/mol. The van der Waals surface area contributed by atoms with Crippen molar-refractivity contribution in [1.29, 1.82) is 0 Å². The molecule has 3 rings (SSSR count). The number of anilines is 1. The van der Waals surface area contributed by atoms with Gasteiger partial charge < -0.3 is 24.3 Å². The van der Waals surface area contributed by atoms with Gasteiger partial charge in [0.05, 0.1) is 7.11 Å². The number of esters is 1. The first kappa shape index (κ1) is 20.7. The summed E-state index contributed by atoms with van der Waals surface area (Å²) in [5.74, 6) is 0.535. The molecule has 1 amide bonds. The van der Waals surface area contributed by atoms with E-state index in [4.69, 9.17) is 18.9 Å². The van der Waals surface area contributed by atoms with Crippen LogP contribution in [0.5, 0.6) is 17.2 Å². The minimum Gasteiger partial charge on any atom is -0.493 e. The number of nitrogens with one attached hydrogen (secondary N) is 1. The third kappa shape index (κ3) is 5.51. The van der Waals surface area contributed by atoms with Gasteiger partial charge in [0.15, 0.2) is 17.6 Å². The number of ether oxygens (including phenoxy) is 4. The Balaban J connectivity index is 1.60. The molecule has 0 bridgehead atoms. The third-order valence-corrected chi connectivity index (χ3v) is 4.56. The lowest BCUT2D eigenvalue weighted by atomic mass is 10.1. The van der Waals surface area contributed by atoms with Gasteiger partial charge in [-0.25, -0.2) is 4.79 Å². The maximum Gasteiger partial charge on any atom is 0.331 e. The summed E-state index contributed by atoms with van der Waals surface area (Å²) in [6.07, 6.45) is 1.85. The SMILES string of the molecule is COc1cc(/C=C/C(=O)O[C@@H](C)C(=O)Nc2ccc(Br)cc2)cc2c1OCCO2. The fraction of sp³-hybridized carbons (Fsp3) is 0.238. The number of benzene rings is 2. The molecule has 0 saturated carbocycles. The molecular weight excluding hydrogens is 442 g/mol. The van der Waals surface area contributed by atoms with Gasteiger partial charge in [0.2, 0.25) is 5.75 Å². The van der Waals surface area contributed by atoms with Crippen molar-refractivity contribution in [1.82, 2.24) is 0 Å². The zero-order chi connectivity index (χ0) is 20.8. The molecule has 0 unspecified atom stereocenters. The molecule has 1 aliphatic heterocycles. The maximum absolute atomic E-state index is 12.2. The minimum atomic E-state index is -0.953. The fourth-order valence-corrected chi connectivity index (χ4v) is 2.86. The van der Waals surface area contributed by atoms with Crippen LogP contribution >= 0.6 is 15.9 Å². The van der Waals surface area contributed by atoms with E-state index in [0.29, 0.717) is 41.7 Å². The summed E-state index contributed by atoms with van der Waals surface area (Å²) in [4.78, 5) is 24.3. The molecule has 0 radical (unpaired) electrons. The highest BCUT2D eigenvalue weighted by molar-refractivity contribution is 9.10. The summed E-state index contributed by atoms with van der Waals surface area (Å²) < 4.78 is 22.5. The number of amides is 1. The molecule has 8 heteroatoms. The van der Waals surface area contributed by atoms with E-state index in [0.717, 1.165) is 4.47 Å². The Morgan fingerprint density at radius 2 is 1.90 bits per heavy atom.